The number of carboxylic acids is 1. The molecule has 1 aliphatic rings. The minimum Gasteiger partial charge on any atom is -0.478 e. The first-order chi connectivity index (χ1) is 13.1. The van der Waals surface area contributed by atoms with E-state index in [1.165, 1.54) is 35.9 Å². The number of aromatic nitrogens is 3. The van der Waals surface area contributed by atoms with Crippen LogP contribution in [0.3, 0.4) is 0 Å². The number of pyridine rings is 1. The maximum absolute atomic E-state index is 11.2. The molecule has 1 fully saturated rings. The molecule has 2 aromatic heterocycles. The Hall–Kier alpha value is -2.86. The molecule has 0 saturated heterocycles. The molecule has 0 bridgehead atoms. The monoisotopic (exact) mass is 383 g/mol. The van der Waals surface area contributed by atoms with E-state index in [1.807, 2.05) is 24.3 Å². The van der Waals surface area contributed by atoms with Gasteiger partial charge in [0.05, 0.1) is 11.8 Å². The number of hydrogen-bond acceptors (Lipinski definition) is 4. The molecule has 1 unspecified atom stereocenters. The van der Waals surface area contributed by atoms with Crippen molar-refractivity contribution >= 4 is 17.6 Å². The lowest BCUT2D eigenvalue weighted by Gasteiger charge is -2.20. The van der Waals surface area contributed by atoms with Crippen molar-refractivity contribution in [2.24, 2.45) is 5.92 Å². The number of ether oxygens (including phenoxy) is 1. The SMILES string of the molecule is O=C(O)c1ccnc(-n2nccc2OC(CC2CC2)c2ccc(Cl)cc2)c1. The topological polar surface area (TPSA) is 77.2 Å². The van der Waals surface area contributed by atoms with E-state index in [2.05, 4.69) is 10.1 Å². The summed E-state index contributed by atoms with van der Waals surface area (Å²) in [6.07, 6.45) is 6.28. The number of halogens is 1. The molecular formula is C20H18ClN3O3. The van der Waals surface area contributed by atoms with Gasteiger partial charge in [0.2, 0.25) is 5.88 Å². The molecule has 3 aromatic rings. The summed E-state index contributed by atoms with van der Waals surface area (Å²) in [5.74, 6) is 0.568. The fraction of sp³-hybridized carbons (Fsp3) is 0.250. The third kappa shape index (κ3) is 4.11. The largest absolute Gasteiger partial charge is 0.478 e. The fourth-order valence-corrected chi connectivity index (χ4v) is 3.08. The summed E-state index contributed by atoms with van der Waals surface area (Å²) in [7, 11) is 0. The molecule has 1 aromatic carbocycles. The van der Waals surface area contributed by atoms with E-state index in [9.17, 15) is 9.90 Å². The third-order valence-electron chi connectivity index (χ3n) is 4.57. The fourth-order valence-electron chi connectivity index (χ4n) is 2.95. The highest BCUT2D eigenvalue weighted by atomic mass is 35.5. The molecule has 2 heterocycles. The Balaban J connectivity index is 1.63. The number of nitrogens with zero attached hydrogens (tertiary/aromatic N) is 3. The number of benzene rings is 1. The van der Waals surface area contributed by atoms with Crippen molar-refractivity contribution in [3.8, 4) is 11.7 Å². The van der Waals surface area contributed by atoms with Crippen LogP contribution in [0.25, 0.3) is 5.82 Å². The number of carboxylic acid groups (broad SMARTS) is 1. The van der Waals surface area contributed by atoms with E-state index < -0.39 is 5.97 Å². The summed E-state index contributed by atoms with van der Waals surface area (Å²) in [4.78, 5) is 15.5. The number of aromatic carboxylic acids is 1. The van der Waals surface area contributed by atoms with E-state index in [4.69, 9.17) is 16.3 Å². The first kappa shape index (κ1) is 17.5. The van der Waals surface area contributed by atoms with Crippen molar-refractivity contribution in [1.29, 1.82) is 0 Å². The summed E-state index contributed by atoms with van der Waals surface area (Å²) in [5, 5.41) is 14.1. The second-order valence-electron chi connectivity index (χ2n) is 6.63. The molecule has 1 N–H and O–H groups in total. The van der Waals surface area contributed by atoms with Crippen molar-refractivity contribution in [2.45, 2.75) is 25.4 Å². The molecule has 1 saturated carbocycles. The van der Waals surface area contributed by atoms with Crippen LogP contribution < -0.4 is 4.74 Å². The normalized spacial score (nSPS) is 14.7. The zero-order chi connectivity index (χ0) is 18.8. The summed E-state index contributed by atoms with van der Waals surface area (Å²) >= 11 is 6.01. The molecule has 1 aliphatic carbocycles. The number of carbonyl (C=O) groups is 1. The Kier molecular flexibility index (Phi) is 4.81. The number of hydrogen-bond donors (Lipinski definition) is 1. The zero-order valence-electron chi connectivity index (χ0n) is 14.5. The molecule has 0 radical (unpaired) electrons. The standard InChI is InChI=1S/C20H18ClN3O3/c21-16-5-3-14(4-6-16)17(11-13-1-2-13)27-19-8-10-23-24(19)18-12-15(20(25)26)7-9-22-18/h3-10,12-13,17H,1-2,11H2,(H,25,26). The van der Waals surface area contributed by atoms with Gasteiger partial charge < -0.3 is 9.84 Å². The van der Waals surface area contributed by atoms with E-state index in [0.29, 0.717) is 22.6 Å². The van der Waals surface area contributed by atoms with E-state index >= 15 is 0 Å². The van der Waals surface area contributed by atoms with Gasteiger partial charge in [0.25, 0.3) is 0 Å². The van der Waals surface area contributed by atoms with Crippen LogP contribution in [0.2, 0.25) is 5.02 Å². The van der Waals surface area contributed by atoms with Crippen LogP contribution >= 0.6 is 11.6 Å². The summed E-state index contributed by atoms with van der Waals surface area (Å²) in [6.45, 7) is 0. The van der Waals surface area contributed by atoms with Crippen LogP contribution in [0.4, 0.5) is 0 Å². The lowest BCUT2D eigenvalue weighted by molar-refractivity contribution is 0.0696. The molecule has 27 heavy (non-hydrogen) atoms. The zero-order valence-corrected chi connectivity index (χ0v) is 15.2. The third-order valence-corrected chi connectivity index (χ3v) is 4.82. The molecular weight excluding hydrogens is 366 g/mol. The average molecular weight is 384 g/mol. The van der Waals surface area contributed by atoms with Crippen molar-refractivity contribution in [1.82, 2.24) is 14.8 Å². The Morgan fingerprint density at radius 1 is 1.22 bits per heavy atom. The summed E-state index contributed by atoms with van der Waals surface area (Å²) in [6, 6.07) is 12.3. The van der Waals surface area contributed by atoms with E-state index in [1.54, 1.807) is 12.3 Å². The summed E-state index contributed by atoms with van der Waals surface area (Å²) < 4.78 is 7.80. The van der Waals surface area contributed by atoms with E-state index in [-0.39, 0.29) is 11.7 Å². The molecule has 4 rings (SSSR count). The smallest absolute Gasteiger partial charge is 0.335 e. The van der Waals surface area contributed by atoms with Gasteiger partial charge in [0.1, 0.15) is 6.10 Å². The minimum atomic E-state index is -1.01. The highest BCUT2D eigenvalue weighted by molar-refractivity contribution is 6.30. The van der Waals surface area contributed by atoms with Crippen molar-refractivity contribution in [3.05, 3.63) is 71.0 Å². The first-order valence-corrected chi connectivity index (χ1v) is 9.14. The lowest BCUT2D eigenvalue weighted by Crippen LogP contribution is -2.12. The Bertz CT molecular complexity index is 951. The van der Waals surface area contributed by atoms with Crippen LogP contribution in [0.15, 0.2) is 54.9 Å². The molecule has 0 spiro atoms. The lowest BCUT2D eigenvalue weighted by atomic mass is 10.0. The van der Waals surface area contributed by atoms with Gasteiger partial charge in [0.15, 0.2) is 5.82 Å². The highest BCUT2D eigenvalue weighted by Crippen LogP contribution is 2.39. The van der Waals surface area contributed by atoms with Gasteiger partial charge in [-0.2, -0.15) is 9.78 Å². The average Bonchev–Trinajstić information content (AvgIpc) is 3.37. The van der Waals surface area contributed by atoms with Crippen molar-refractivity contribution in [3.63, 3.8) is 0 Å². The quantitative estimate of drug-likeness (QED) is 0.648. The van der Waals surface area contributed by atoms with Gasteiger partial charge in [0, 0.05) is 17.3 Å². The second-order valence-corrected chi connectivity index (χ2v) is 7.06. The number of rotatable bonds is 7. The maximum atomic E-state index is 11.2. The van der Waals surface area contributed by atoms with Crippen LogP contribution in [-0.2, 0) is 0 Å². The van der Waals surface area contributed by atoms with Gasteiger partial charge in [-0.05, 0) is 42.2 Å². The van der Waals surface area contributed by atoms with Crippen LogP contribution in [0.1, 0.15) is 41.3 Å². The van der Waals surface area contributed by atoms with Gasteiger partial charge in [-0.3, -0.25) is 0 Å². The van der Waals surface area contributed by atoms with Crippen LogP contribution in [0.5, 0.6) is 5.88 Å². The van der Waals surface area contributed by atoms with E-state index in [0.717, 1.165) is 12.0 Å². The van der Waals surface area contributed by atoms with Gasteiger partial charge in [-0.15, -0.1) is 0 Å². The Morgan fingerprint density at radius 3 is 2.70 bits per heavy atom. The molecule has 138 valence electrons. The minimum absolute atomic E-state index is 0.132. The maximum Gasteiger partial charge on any atom is 0.335 e. The van der Waals surface area contributed by atoms with Crippen molar-refractivity contribution < 1.29 is 14.6 Å². The summed E-state index contributed by atoms with van der Waals surface area (Å²) in [5.41, 5.74) is 1.19. The highest BCUT2D eigenvalue weighted by Gasteiger charge is 2.28. The Labute approximate surface area is 161 Å². The molecule has 6 nitrogen and oxygen atoms in total. The van der Waals surface area contributed by atoms with Gasteiger partial charge >= 0.3 is 5.97 Å². The van der Waals surface area contributed by atoms with Crippen LogP contribution in [-0.4, -0.2) is 25.8 Å². The first-order valence-electron chi connectivity index (χ1n) is 8.76. The van der Waals surface area contributed by atoms with Crippen LogP contribution in [0, 0.1) is 5.92 Å². The van der Waals surface area contributed by atoms with Crippen molar-refractivity contribution in [2.75, 3.05) is 0 Å². The second kappa shape index (κ2) is 7.40. The predicted molar refractivity (Wildman–Crippen MR) is 100 cm³/mol. The molecule has 0 amide bonds. The predicted octanol–water partition coefficient (Wildman–Crippen LogP) is 4.54. The van der Waals surface area contributed by atoms with Gasteiger partial charge in [-0.1, -0.05) is 36.6 Å². The Morgan fingerprint density at radius 2 is 2.00 bits per heavy atom. The molecule has 0 aliphatic heterocycles. The molecule has 1 atom stereocenters. The molecule has 7 heteroatoms. The van der Waals surface area contributed by atoms with Gasteiger partial charge in [-0.25, -0.2) is 9.78 Å².